The second-order valence-corrected chi connectivity index (χ2v) is 7.74. The number of carbonyl (C=O) groups is 2. The van der Waals surface area contributed by atoms with Crippen LogP contribution in [-0.2, 0) is 22.1 Å². The molecule has 0 bridgehead atoms. The standard InChI is InChI=1S/C20H21ClF3N3O3/c1-2-30-18(29)19(11-13-5-3-6-14(21)9-13)7-4-8-27(12-19)17(28)15-10-16(26-25-15)20(22,23)24/h3,5-6,9-10H,2,4,7-8,11-12H2,1H3,(H,25,26). The molecule has 2 aromatic rings. The lowest BCUT2D eigenvalue weighted by Crippen LogP contribution is -2.51. The molecule has 1 aromatic heterocycles. The molecule has 1 atom stereocenters. The van der Waals surface area contributed by atoms with Crippen molar-refractivity contribution in [2.24, 2.45) is 5.41 Å². The quantitative estimate of drug-likeness (QED) is 0.706. The number of hydrogen-bond acceptors (Lipinski definition) is 4. The number of alkyl halides is 3. The molecule has 0 spiro atoms. The molecule has 30 heavy (non-hydrogen) atoms. The molecule has 1 N–H and O–H groups in total. The van der Waals surface area contributed by atoms with E-state index in [0.717, 1.165) is 5.56 Å². The fourth-order valence-electron chi connectivity index (χ4n) is 3.75. The number of aromatic amines is 1. The number of benzene rings is 1. The van der Waals surface area contributed by atoms with Gasteiger partial charge < -0.3 is 9.64 Å². The van der Waals surface area contributed by atoms with Crippen molar-refractivity contribution >= 4 is 23.5 Å². The molecule has 1 unspecified atom stereocenters. The van der Waals surface area contributed by atoms with Crippen molar-refractivity contribution in [2.75, 3.05) is 19.7 Å². The van der Waals surface area contributed by atoms with Gasteiger partial charge in [0, 0.05) is 24.2 Å². The number of hydrogen-bond donors (Lipinski definition) is 1. The molecule has 0 saturated carbocycles. The van der Waals surface area contributed by atoms with Crippen LogP contribution in [0.4, 0.5) is 13.2 Å². The lowest BCUT2D eigenvalue weighted by molar-refractivity contribution is -0.158. The van der Waals surface area contributed by atoms with Crippen LogP contribution in [-0.4, -0.2) is 46.7 Å². The van der Waals surface area contributed by atoms with Crippen LogP contribution in [0, 0.1) is 5.41 Å². The van der Waals surface area contributed by atoms with Crippen molar-refractivity contribution in [3.63, 3.8) is 0 Å². The molecule has 1 aromatic carbocycles. The minimum atomic E-state index is -4.63. The third kappa shape index (κ3) is 4.77. The Morgan fingerprint density at radius 3 is 2.73 bits per heavy atom. The number of carbonyl (C=O) groups excluding carboxylic acids is 2. The highest BCUT2D eigenvalue weighted by molar-refractivity contribution is 6.30. The van der Waals surface area contributed by atoms with Gasteiger partial charge >= 0.3 is 12.1 Å². The minimum Gasteiger partial charge on any atom is -0.466 e. The second kappa shape index (κ2) is 8.67. The van der Waals surface area contributed by atoms with E-state index in [1.165, 1.54) is 4.90 Å². The normalized spacial score (nSPS) is 19.6. The molecule has 1 saturated heterocycles. The summed E-state index contributed by atoms with van der Waals surface area (Å²) >= 11 is 6.06. The summed E-state index contributed by atoms with van der Waals surface area (Å²) in [7, 11) is 0. The summed E-state index contributed by atoms with van der Waals surface area (Å²) in [6, 6.07) is 7.74. The predicted molar refractivity (Wildman–Crippen MR) is 103 cm³/mol. The highest BCUT2D eigenvalue weighted by Gasteiger charge is 2.45. The third-order valence-electron chi connectivity index (χ3n) is 5.11. The first-order valence-corrected chi connectivity index (χ1v) is 9.86. The maximum absolute atomic E-state index is 12.9. The fourth-order valence-corrected chi connectivity index (χ4v) is 3.96. The molecule has 10 heteroatoms. The van der Waals surface area contributed by atoms with E-state index in [1.54, 1.807) is 25.1 Å². The van der Waals surface area contributed by atoms with E-state index in [9.17, 15) is 22.8 Å². The highest BCUT2D eigenvalue weighted by Crippen LogP contribution is 2.36. The summed E-state index contributed by atoms with van der Waals surface area (Å²) in [6.07, 6.45) is -3.35. The van der Waals surface area contributed by atoms with Gasteiger partial charge in [0.1, 0.15) is 5.69 Å². The van der Waals surface area contributed by atoms with Crippen LogP contribution < -0.4 is 0 Å². The zero-order valence-corrected chi connectivity index (χ0v) is 17.0. The van der Waals surface area contributed by atoms with E-state index < -0.39 is 29.2 Å². The number of halogens is 4. The molecule has 1 aliphatic heterocycles. The summed E-state index contributed by atoms with van der Waals surface area (Å²) < 4.78 is 43.8. The molecule has 0 aliphatic carbocycles. The third-order valence-corrected chi connectivity index (χ3v) is 5.34. The Morgan fingerprint density at radius 2 is 2.10 bits per heavy atom. The lowest BCUT2D eigenvalue weighted by atomic mass is 9.75. The van der Waals surface area contributed by atoms with Gasteiger partial charge in [0.25, 0.3) is 5.91 Å². The monoisotopic (exact) mass is 443 g/mol. The number of ether oxygens (including phenoxy) is 1. The summed E-state index contributed by atoms with van der Waals surface area (Å²) in [5.74, 6) is -1.11. The number of likely N-dealkylation sites (tertiary alicyclic amines) is 1. The van der Waals surface area contributed by atoms with E-state index in [0.29, 0.717) is 36.9 Å². The summed E-state index contributed by atoms with van der Waals surface area (Å²) in [5.41, 5.74) is -1.65. The molecule has 0 radical (unpaired) electrons. The average molecular weight is 444 g/mol. The topological polar surface area (TPSA) is 75.3 Å². The van der Waals surface area contributed by atoms with Crippen molar-refractivity contribution in [3.8, 4) is 0 Å². The van der Waals surface area contributed by atoms with E-state index >= 15 is 0 Å². The molecule has 3 rings (SSSR count). The number of esters is 1. The SMILES string of the molecule is CCOC(=O)C1(Cc2cccc(Cl)c2)CCCN(C(=O)c2cc(C(F)(F)F)[nH]n2)C1. The van der Waals surface area contributed by atoms with Crippen LogP contribution in [0.25, 0.3) is 0 Å². The molecular formula is C20H21ClF3N3O3. The van der Waals surface area contributed by atoms with E-state index in [4.69, 9.17) is 16.3 Å². The Morgan fingerprint density at radius 1 is 1.33 bits per heavy atom. The highest BCUT2D eigenvalue weighted by atomic mass is 35.5. The van der Waals surface area contributed by atoms with Gasteiger partial charge in [0.2, 0.25) is 0 Å². The number of rotatable bonds is 5. The van der Waals surface area contributed by atoms with Gasteiger partial charge in [-0.15, -0.1) is 0 Å². The molecule has 162 valence electrons. The summed E-state index contributed by atoms with van der Waals surface area (Å²) in [6.45, 7) is 2.20. The Balaban J connectivity index is 1.86. The van der Waals surface area contributed by atoms with Gasteiger partial charge in [-0.05, 0) is 43.9 Å². The van der Waals surface area contributed by atoms with Gasteiger partial charge in [-0.3, -0.25) is 14.7 Å². The average Bonchev–Trinajstić information content (AvgIpc) is 3.18. The lowest BCUT2D eigenvalue weighted by Gasteiger charge is -2.41. The van der Waals surface area contributed by atoms with E-state index in [-0.39, 0.29) is 18.8 Å². The molecule has 2 heterocycles. The number of amides is 1. The summed E-state index contributed by atoms with van der Waals surface area (Å²) in [4.78, 5) is 27.1. The predicted octanol–water partition coefficient (Wildman–Crippen LogP) is 4.11. The van der Waals surface area contributed by atoms with Gasteiger partial charge in [-0.1, -0.05) is 23.7 Å². The zero-order chi connectivity index (χ0) is 21.9. The first-order valence-electron chi connectivity index (χ1n) is 9.48. The Hall–Kier alpha value is -2.55. The largest absolute Gasteiger partial charge is 0.466 e. The number of piperidine rings is 1. The van der Waals surface area contributed by atoms with E-state index in [2.05, 4.69) is 5.10 Å². The van der Waals surface area contributed by atoms with E-state index in [1.807, 2.05) is 11.2 Å². The molecule has 6 nitrogen and oxygen atoms in total. The number of aromatic nitrogens is 2. The maximum atomic E-state index is 12.9. The first kappa shape index (κ1) is 22.1. The second-order valence-electron chi connectivity index (χ2n) is 7.30. The summed E-state index contributed by atoms with van der Waals surface area (Å²) in [5, 5.41) is 5.88. The zero-order valence-electron chi connectivity index (χ0n) is 16.3. The van der Waals surface area contributed by atoms with Gasteiger partial charge in [-0.25, -0.2) is 0 Å². The van der Waals surface area contributed by atoms with Crippen LogP contribution in [0.1, 0.15) is 41.5 Å². The molecule has 1 amide bonds. The first-order chi connectivity index (χ1) is 14.1. The van der Waals surface area contributed by atoms with Crippen LogP contribution in [0.5, 0.6) is 0 Å². The molecular weight excluding hydrogens is 423 g/mol. The van der Waals surface area contributed by atoms with Gasteiger partial charge in [-0.2, -0.15) is 18.3 Å². The van der Waals surface area contributed by atoms with Crippen molar-refractivity contribution in [3.05, 3.63) is 52.3 Å². The minimum absolute atomic E-state index is 0.0192. The van der Waals surface area contributed by atoms with Crippen LogP contribution in [0.3, 0.4) is 0 Å². The van der Waals surface area contributed by atoms with Crippen molar-refractivity contribution in [2.45, 2.75) is 32.4 Å². The smallest absolute Gasteiger partial charge is 0.432 e. The number of H-pyrrole nitrogens is 1. The fraction of sp³-hybridized carbons (Fsp3) is 0.450. The van der Waals surface area contributed by atoms with Crippen LogP contribution in [0.15, 0.2) is 30.3 Å². The van der Waals surface area contributed by atoms with Crippen LogP contribution >= 0.6 is 11.6 Å². The molecule has 1 aliphatic rings. The number of nitrogens with one attached hydrogen (secondary N) is 1. The van der Waals surface area contributed by atoms with Crippen molar-refractivity contribution < 1.29 is 27.5 Å². The Bertz CT molecular complexity index is 931. The van der Waals surface area contributed by atoms with Crippen LogP contribution in [0.2, 0.25) is 5.02 Å². The van der Waals surface area contributed by atoms with Gasteiger partial charge in [0.05, 0.1) is 12.0 Å². The van der Waals surface area contributed by atoms with Crippen molar-refractivity contribution in [1.82, 2.24) is 15.1 Å². The Labute approximate surface area is 176 Å². The van der Waals surface area contributed by atoms with Gasteiger partial charge in [0.15, 0.2) is 5.69 Å². The molecule has 1 fully saturated rings. The number of nitrogens with zero attached hydrogens (tertiary/aromatic N) is 2. The van der Waals surface area contributed by atoms with Crippen molar-refractivity contribution in [1.29, 1.82) is 0 Å². The Kier molecular flexibility index (Phi) is 6.40. The maximum Gasteiger partial charge on any atom is 0.432 e.